The smallest absolute Gasteiger partial charge is 0.290 e. The summed E-state index contributed by atoms with van der Waals surface area (Å²) in [5.41, 5.74) is 4.45. The van der Waals surface area contributed by atoms with Gasteiger partial charge in [-0.2, -0.15) is 5.10 Å². The SMILES string of the molecule is CCn1nc(C(=O)NNC(=O)CCOc2ccccc2OC)c2ccccc2c1=O. The molecule has 0 fully saturated rings. The standard InChI is InChI=1S/C21H22N4O5/c1-3-25-21(28)15-9-5-4-8-14(15)19(24-25)20(27)23-22-18(26)12-13-30-17-11-7-6-10-16(17)29-2/h4-11H,3,12-13H2,1-2H3,(H,22,26)(H,23,27). The van der Waals surface area contributed by atoms with E-state index < -0.39 is 11.8 Å². The number of nitrogens with zero attached hydrogens (tertiary/aromatic N) is 2. The molecule has 3 rings (SSSR count). The van der Waals surface area contributed by atoms with Gasteiger partial charge in [-0.15, -0.1) is 0 Å². The Balaban J connectivity index is 1.61. The third-order valence-corrected chi connectivity index (χ3v) is 4.35. The lowest BCUT2D eigenvalue weighted by molar-refractivity contribution is -0.122. The number of nitrogens with one attached hydrogen (secondary N) is 2. The summed E-state index contributed by atoms with van der Waals surface area (Å²) in [4.78, 5) is 37.0. The van der Waals surface area contributed by atoms with Gasteiger partial charge in [0.2, 0.25) is 5.91 Å². The average molecular weight is 410 g/mol. The second kappa shape index (κ2) is 9.55. The van der Waals surface area contributed by atoms with Crippen molar-refractivity contribution in [1.82, 2.24) is 20.6 Å². The summed E-state index contributed by atoms with van der Waals surface area (Å²) in [5.74, 6) is 0.0308. The van der Waals surface area contributed by atoms with Crippen molar-refractivity contribution in [2.75, 3.05) is 13.7 Å². The van der Waals surface area contributed by atoms with Gasteiger partial charge in [0.15, 0.2) is 17.2 Å². The van der Waals surface area contributed by atoms with E-state index in [0.717, 1.165) is 0 Å². The molecule has 9 nitrogen and oxygen atoms in total. The van der Waals surface area contributed by atoms with Gasteiger partial charge in [-0.1, -0.05) is 30.3 Å². The predicted octanol–water partition coefficient (Wildman–Crippen LogP) is 1.66. The van der Waals surface area contributed by atoms with Crippen molar-refractivity contribution >= 4 is 22.6 Å². The number of amides is 2. The fraction of sp³-hybridized carbons (Fsp3) is 0.238. The van der Waals surface area contributed by atoms with Crippen LogP contribution in [0.2, 0.25) is 0 Å². The molecule has 9 heteroatoms. The van der Waals surface area contributed by atoms with E-state index in [0.29, 0.717) is 28.8 Å². The van der Waals surface area contributed by atoms with E-state index in [2.05, 4.69) is 16.0 Å². The molecular formula is C21H22N4O5. The number of benzene rings is 2. The zero-order chi connectivity index (χ0) is 21.5. The van der Waals surface area contributed by atoms with Gasteiger partial charge in [-0.25, -0.2) is 4.68 Å². The number of hydrazine groups is 1. The van der Waals surface area contributed by atoms with Crippen LogP contribution in [0, 0.1) is 0 Å². The van der Waals surface area contributed by atoms with Crippen molar-refractivity contribution in [3.8, 4) is 11.5 Å². The number of rotatable bonds is 7. The van der Waals surface area contributed by atoms with Crippen LogP contribution in [0.3, 0.4) is 0 Å². The molecule has 0 spiro atoms. The molecule has 3 aromatic rings. The minimum Gasteiger partial charge on any atom is -0.493 e. The van der Waals surface area contributed by atoms with E-state index in [1.54, 1.807) is 49.4 Å². The number of para-hydroxylation sites is 2. The number of methoxy groups -OCH3 is 1. The predicted molar refractivity (Wildman–Crippen MR) is 110 cm³/mol. The molecule has 0 atom stereocenters. The number of carbonyl (C=O) groups is 2. The van der Waals surface area contributed by atoms with Crippen molar-refractivity contribution < 1.29 is 19.1 Å². The first-order valence-corrected chi connectivity index (χ1v) is 9.40. The summed E-state index contributed by atoms with van der Waals surface area (Å²) < 4.78 is 11.9. The Morgan fingerprint density at radius 2 is 1.67 bits per heavy atom. The minimum absolute atomic E-state index is 0.0148. The molecule has 2 amide bonds. The molecule has 0 saturated carbocycles. The monoisotopic (exact) mass is 410 g/mol. The Hall–Kier alpha value is -3.88. The average Bonchev–Trinajstić information content (AvgIpc) is 2.78. The third-order valence-electron chi connectivity index (χ3n) is 4.35. The van der Waals surface area contributed by atoms with Gasteiger partial charge in [0.1, 0.15) is 0 Å². The number of hydrogen-bond acceptors (Lipinski definition) is 6. The lowest BCUT2D eigenvalue weighted by Crippen LogP contribution is -2.43. The lowest BCUT2D eigenvalue weighted by atomic mass is 10.1. The quantitative estimate of drug-likeness (QED) is 0.573. The van der Waals surface area contributed by atoms with Crippen molar-refractivity contribution in [3.63, 3.8) is 0 Å². The van der Waals surface area contributed by atoms with Crippen LogP contribution in [-0.2, 0) is 11.3 Å². The van der Waals surface area contributed by atoms with Gasteiger partial charge >= 0.3 is 0 Å². The number of hydrogen-bond donors (Lipinski definition) is 2. The second-order valence-electron chi connectivity index (χ2n) is 6.27. The molecule has 0 unspecified atom stereocenters. The van der Waals surface area contributed by atoms with Crippen LogP contribution >= 0.6 is 0 Å². The summed E-state index contributed by atoms with van der Waals surface area (Å²) >= 11 is 0. The van der Waals surface area contributed by atoms with Crippen LogP contribution < -0.4 is 25.9 Å². The first kappa shape index (κ1) is 20.8. The van der Waals surface area contributed by atoms with Crippen molar-refractivity contribution in [3.05, 3.63) is 64.6 Å². The Kier molecular flexibility index (Phi) is 6.63. The molecule has 1 aromatic heterocycles. The van der Waals surface area contributed by atoms with Gasteiger partial charge in [-0.05, 0) is 25.1 Å². The number of carbonyl (C=O) groups excluding carboxylic acids is 2. The summed E-state index contributed by atoms with van der Waals surface area (Å²) in [6.07, 6.45) is 0.0148. The molecule has 156 valence electrons. The zero-order valence-corrected chi connectivity index (χ0v) is 16.7. The maximum atomic E-state index is 12.6. The van der Waals surface area contributed by atoms with Gasteiger partial charge in [-0.3, -0.25) is 25.2 Å². The molecule has 30 heavy (non-hydrogen) atoms. The van der Waals surface area contributed by atoms with Crippen LogP contribution in [0.4, 0.5) is 0 Å². The highest BCUT2D eigenvalue weighted by atomic mass is 16.5. The molecular weight excluding hydrogens is 388 g/mol. The van der Waals surface area contributed by atoms with Gasteiger partial charge in [0.05, 0.1) is 25.5 Å². The molecule has 0 bridgehead atoms. The normalized spacial score (nSPS) is 10.5. The lowest BCUT2D eigenvalue weighted by Gasteiger charge is -2.12. The molecule has 0 aliphatic heterocycles. The highest BCUT2D eigenvalue weighted by Gasteiger charge is 2.16. The van der Waals surface area contributed by atoms with E-state index in [9.17, 15) is 14.4 Å². The molecule has 0 aliphatic carbocycles. The zero-order valence-electron chi connectivity index (χ0n) is 16.7. The van der Waals surface area contributed by atoms with Crippen LogP contribution in [0.25, 0.3) is 10.8 Å². The maximum Gasteiger partial charge on any atom is 0.290 e. The summed E-state index contributed by atoms with van der Waals surface area (Å²) in [6, 6.07) is 13.8. The van der Waals surface area contributed by atoms with Gasteiger partial charge in [0.25, 0.3) is 11.5 Å². The van der Waals surface area contributed by atoms with Gasteiger partial charge < -0.3 is 9.47 Å². The molecule has 2 N–H and O–H groups in total. The van der Waals surface area contributed by atoms with Crippen LogP contribution in [0.1, 0.15) is 23.8 Å². The first-order valence-electron chi connectivity index (χ1n) is 9.40. The number of aromatic nitrogens is 2. The topological polar surface area (TPSA) is 112 Å². The van der Waals surface area contributed by atoms with E-state index in [4.69, 9.17) is 9.47 Å². The summed E-state index contributed by atoms with van der Waals surface area (Å²) in [7, 11) is 1.53. The minimum atomic E-state index is -0.618. The van der Waals surface area contributed by atoms with E-state index in [1.165, 1.54) is 11.8 Å². The highest BCUT2D eigenvalue weighted by molar-refractivity contribution is 6.05. The molecule has 1 heterocycles. The van der Waals surface area contributed by atoms with Crippen molar-refractivity contribution in [1.29, 1.82) is 0 Å². The Bertz CT molecular complexity index is 1130. The van der Waals surface area contributed by atoms with E-state index in [1.807, 2.05) is 6.07 Å². The fourth-order valence-electron chi connectivity index (χ4n) is 2.86. The Morgan fingerprint density at radius 3 is 2.37 bits per heavy atom. The van der Waals surface area contributed by atoms with E-state index in [-0.39, 0.29) is 24.3 Å². The number of ether oxygens (including phenoxy) is 2. The number of aryl methyl sites for hydroxylation is 1. The molecule has 0 saturated heterocycles. The molecule has 0 radical (unpaired) electrons. The third kappa shape index (κ3) is 4.57. The van der Waals surface area contributed by atoms with E-state index >= 15 is 0 Å². The van der Waals surface area contributed by atoms with Crippen LogP contribution in [-0.4, -0.2) is 35.3 Å². The van der Waals surface area contributed by atoms with Crippen molar-refractivity contribution in [2.24, 2.45) is 0 Å². The highest BCUT2D eigenvalue weighted by Crippen LogP contribution is 2.25. The second-order valence-corrected chi connectivity index (χ2v) is 6.27. The Morgan fingerprint density at radius 1 is 1.00 bits per heavy atom. The van der Waals surface area contributed by atoms with Crippen LogP contribution in [0.15, 0.2) is 53.3 Å². The largest absolute Gasteiger partial charge is 0.493 e. The Labute approximate surface area is 172 Å². The van der Waals surface area contributed by atoms with Crippen LogP contribution in [0.5, 0.6) is 11.5 Å². The molecule has 2 aromatic carbocycles. The van der Waals surface area contributed by atoms with Gasteiger partial charge in [0, 0.05) is 11.9 Å². The number of fused-ring (bicyclic) bond motifs is 1. The summed E-state index contributed by atoms with van der Waals surface area (Å²) in [6.45, 7) is 2.18. The molecule has 0 aliphatic rings. The van der Waals surface area contributed by atoms with Crippen molar-refractivity contribution in [2.45, 2.75) is 19.9 Å². The maximum absolute atomic E-state index is 12.6. The summed E-state index contributed by atoms with van der Waals surface area (Å²) in [5, 5.41) is 4.92. The first-order chi connectivity index (χ1) is 14.5. The fourth-order valence-corrected chi connectivity index (χ4v) is 2.86.